The molecule has 6 heteroatoms. The molecule has 0 unspecified atom stereocenters. The average Bonchev–Trinajstić information content (AvgIpc) is 3.27. The molecule has 172 valence electrons. The monoisotopic (exact) mass is 504 g/mol. The first-order valence-electron chi connectivity index (χ1n) is 11.9. The maximum absolute atomic E-state index is 6.27. The molecule has 0 radical (unpaired) electrons. The van der Waals surface area contributed by atoms with Crippen molar-refractivity contribution in [2.24, 2.45) is 0 Å². The first-order valence-corrected chi connectivity index (χ1v) is 12.6. The van der Waals surface area contributed by atoms with E-state index in [1.54, 1.807) is 0 Å². The van der Waals surface area contributed by atoms with E-state index in [0.717, 1.165) is 27.5 Å². The fourth-order valence-corrected chi connectivity index (χ4v) is 6.76. The van der Waals surface area contributed by atoms with Gasteiger partial charge in [0.15, 0.2) is 5.82 Å². The van der Waals surface area contributed by atoms with Crippen LogP contribution in [0.2, 0.25) is 10.6 Å². The second-order valence-corrected chi connectivity index (χ2v) is 10.7. The van der Waals surface area contributed by atoms with Crippen LogP contribution in [0.5, 0.6) is 0 Å². The van der Waals surface area contributed by atoms with E-state index in [1.165, 1.54) is 38.9 Å². The van der Waals surface area contributed by atoms with Crippen molar-refractivity contribution in [3.63, 3.8) is 0 Å². The predicted octanol–water partition coefficient (Wildman–Crippen LogP) is 8.23. The van der Waals surface area contributed by atoms with Crippen molar-refractivity contribution in [3.8, 4) is 39.3 Å². The van der Waals surface area contributed by atoms with E-state index >= 15 is 0 Å². The number of hydrogen-bond acceptors (Lipinski definition) is 3. The third-order valence-corrected chi connectivity index (χ3v) is 8.19. The van der Waals surface area contributed by atoms with Crippen LogP contribution < -0.4 is 0 Å². The highest BCUT2D eigenvalue weighted by atomic mass is 35.5. The lowest BCUT2D eigenvalue weighted by atomic mass is 9.81. The Hall–Kier alpha value is -3.73. The zero-order chi connectivity index (χ0) is 24.3. The predicted molar refractivity (Wildman–Crippen MR) is 146 cm³/mol. The highest BCUT2D eigenvalue weighted by Crippen LogP contribution is 2.59. The van der Waals surface area contributed by atoms with E-state index in [0.29, 0.717) is 5.82 Å². The van der Waals surface area contributed by atoms with Crippen LogP contribution in [0, 0.1) is 0 Å². The summed E-state index contributed by atoms with van der Waals surface area (Å²) in [5.74, 6) is 0.482. The van der Waals surface area contributed by atoms with Crippen molar-refractivity contribution in [3.05, 3.63) is 94.5 Å². The van der Waals surface area contributed by atoms with Gasteiger partial charge in [-0.1, -0.05) is 68.4 Å². The quantitative estimate of drug-likeness (QED) is 0.226. The molecule has 0 N–H and O–H groups in total. The zero-order valence-electron chi connectivity index (χ0n) is 19.5. The van der Waals surface area contributed by atoms with E-state index in [1.807, 2.05) is 0 Å². The van der Waals surface area contributed by atoms with Gasteiger partial charge in [-0.2, -0.15) is 15.0 Å². The zero-order valence-corrected chi connectivity index (χ0v) is 21.0. The summed E-state index contributed by atoms with van der Waals surface area (Å²) in [6, 6.07) is 26.2. The van der Waals surface area contributed by atoms with Crippen LogP contribution in [0.25, 0.3) is 61.1 Å². The lowest BCUT2D eigenvalue weighted by Crippen LogP contribution is -2.15. The number of nitrogens with zero attached hydrogens (tertiary/aromatic N) is 4. The van der Waals surface area contributed by atoms with Crippen LogP contribution in [0.3, 0.4) is 0 Å². The molecule has 36 heavy (non-hydrogen) atoms. The van der Waals surface area contributed by atoms with Gasteiger partial charge < -0.3 is 4.57 Å². The molecule has 2 aliphatic rings. The molecule has 2 aromatic heterocycles. The van der Waals surface area contributed by atoms with Crippen molar-refractivity contribution in [1.29, 1.82) is 0 Å². The molecule has 3 heterocycles. The Morgan fingerprint density at radius 2 is 1.42 bits per heavy atom. The molecule has 4 aromatic carbocycles. The van der Waals surface area contributed by atoms with Gasteiger partial charge in [-0.3, -0.25) is 0 Å². The summed E-state index contributed by atoms with van der Waals surface area (Å²) < 4.78 is 2.41. The molecule has 0 fully saturated rings. The van der Waals surface area contributed by atoms with Gasteiger partial charge in [-0.25, -0.2) is 0 Å². The highest BCUT2D eigenvalue weighted by Gasteiger charge is 2.42. The minimum Gasteiger partial charge on any atom is -0.308 e. The Bertz CT molecular complexity index is 1930. The number of fused-ring (bicyclic) bond motifs is 6. The summed E-state index contributed by atoms with van der Waals surface area (Å²) in [6.07, 6.45) is 0. The van der Waals surface area contributed by atoms with Gasteiger partial charge in [-0.15, -0.1) is 0 Å². The standard InChI is InChI=1S/C30H18Cl2N4/c1-30(2)19-11-7-10-16-15-8-3-5-12-21(15)36-22-13-6-4-9-17(22)23-18(27-33-28(31)35-29(32)34-27)14-20(30)25(24(16)19)26(23)36/h3-14H,1-2H3. The molecular weight excluding hydrogens is 487 g/mol. The third-order valence-electron chi connectivity index (χ3n) is 7.86. The van der Waals surface area contributed by atoms with Gasteiger partial charge in [-0.05, 0) is 63.7 Å². The third kappa shape index (κ3) is 2.39. The van der Waals surface area contributed by atoms with Crippen LogP contribution in [0.1, 0.15) is 25.0 Å². The van der Waals surface area contributed by atoms with E-state index in [-0.39, 0.29) is 16.0 Å². The summed E-state index contributed by atoms with van der Waals surface area (Å²) >= 11 is 12.5. The molecule has 0 bridgehead atoms. The number of rotatable bonds is 1. The molecule has 6 aromatic rings. The number of para-hydroxylation sites is 2. The fraction of sp³-hybridized carbons (Fsp3) is 0.100. The lowest BCUT2D eigenvalue weighted by Gasteiger charge is -2.23. The van der Waals surface area contributed by atoms with Crippen molar-refractivity contribution in [1.82, 2.24) is 19.5 Å². The van der Waals surface area contributed by atoms with E-state index in [9.17, 15) is 0 Å². The highest BCUT2D eigenvalue weighted by molar-refractivity contribution is 6.31. The Labute approximate surface area is 217 Å². The maximum Gasteiger partial charge on any atom is 0.227 e. The van der Waals surface area contributed by atoms with Crippen LogP contribution in [0.4, 0.5) is 0 Å². The van der Waals surface area contributed by atoms with Crippen LogP contribution in [0.15, 0.2) is 72.8 Å². The molecule has 8 rings (SSSR count). The van der Waals surface area contributed by atoms with Gasteiger partial charge in [0, 0.05) is 32.9 Å². The SMILES string of the molecule is CC1(C)c2cccc3c2-c2c1cc(-c1nc(Cl)nc(Cl)n1)c1c4ccccc4n(c21)-c1ccccc1-3. The topological polar surface area (TPSA) is 43.6 Å². The van der Waals surface area contributed by atoms with E-state index in [4.69, 9.17) is 23.2 Å². The first kappa shape index (κ1) is 20.5. The molecule has 0 atom stereocenters. The summed E-state index contributed by atoms with van der Waals surface area (Å²) in [6.45, 7) is 4.59. The van der Waals surface area contributed by atoms with E-state index in [2.05, 4.69) is 106 Å². The number of benzene rings is 4. The minimum atomic E-state index is -0.211. The second kappa shape index (κ2) is 6.73. The van der Waals surface area contributed by atoms with Gasteiger partial charge in [0.2, 0.25) is 10.6 Å². The van der Waals surface area contributed by atoms with E-state index < -0.39 is 0 Å². The molecule has 0 saturated heterocycles. The largest absolute Gasteiger partial charge is 0.308 e. The molecule has 1 aliphatic carbocycles. The molecule has 1 aliphatic heterocycles. The molecule has 0 amide bonds. The Morgan fingerprint density at radius 3 is 2.25 bits per heavy atom. The number of halogens is 2. The summed E-state index contributed by atoms with van der Waals surface area (Å²) in [5.41, 5.74) is 11.8. The van der Waals surface area contributed by atoms with Crippen molar-refractivity contribution >= 4 is 45.0 Å². The summed E-state index contributed by atoms with van der Waals surface area (Å²) in [5, 5.41) is 2.40. The van der Waals surface area contributed by atoms with Crippen LogP contribution >= 0.6 is 23.2 Å². The van der Waals surface area contributed by atoms with Gasteiger partial charge >= 0.3 is 0 Å². The van der Waals surface area contributed by atoms with Crippen LogP contribution in [-0.2, 0) is 5.41 Å². The first-order chi connectivity index (χ1) is 17.4. The Morgan fingerprint density at radius 1 is 0.694 bits per heavy atom. The van der Waals surface area contributed by atoms with Crippen molar-refractivity contribution < 1.29 is 0 Å². The Kier molecular flexibility index (Phi) is 3.82. The van der Waals surface area contributed by atoms with Crippen molar-refractivity contribution in [2.75, 3.05) is 0 Å². The summed E-state index contributed by atoms with van der Waals surface area (Å²) in [7, 11) is 0. The molecule has 4 nitrogen and oxygen atoms in total. The molecule has 0 spiro atoms. The fourth-order valence-electron chi connectivity index (χ4n) is 6.39. The smallest absolute Gasteiger partial charge is 0.227 e. The lowest BCUT2D eigenvalue weighted by molar-refractivity contribution is 0.661. The van der Waals surface area contributed by atoms with Gasteiger partial charge in [0.1, 0.15) is 0 Å². The number of hydrogen-bond donors (Lipinski definition) is 0. The minimum absolute atomic E-state index is 0.0851. The second-order valence-electron chi connectivity index (χ2n) is 9.99. The van der Waals surface area contributed by atoms with Crippen LogP contribution in [-0.4, -0.2) is 19.5 Å². The molecular formula is C30H18Cl2N4. The Balaban J connectivity index is 1.71. The maximum atomic E-state index is 6.27. The van der Waals surface area contributed by atoms with Gasteiger partial charge in [0.25, 0.3) is 0 Å². The normalized spacial score (nSPS) is 14.3. The molecule has 0 saturated carbocycles. The van der Waals surface area contributed by atoms with Crippen molar-refractivity contribution in [2.45, 2.75) is 19.3 Å². The summed E-state index contributed by atoms with van der Waals surface area (Å²) in [4.78, 5) is 13.0. The number of aromatic nitrogens is 4. The average molecular weight is 505 g/mol. The van der Waals surface area contributed by atoms with Gasteiger partial charge in [0.05, 0.1) is 16.7 Å².